The van der Waals surface area contributed by atoms with Gasteiger partial charge in [0.1, 0.15) is 17.9 Å². The van der Waals surface area contributed by atoms with Crippen molar-refractivity contribution in [3.63, 3.8) is 0 Å². The van der Waals surface area contributed by atoms with Crippen molar-refractivity contribution in [1.29, 1.82) is 0 Å². The molecule has 138 valence electrons. The molecule has 1 aliphatic carbocycles. The van der Waals surface area contributed by atoms with Gasteiger partial charge in [0, 0.05) is 24.9 Å². The van der Waals surface area contributed by atoms with E-state index in [1.807, 2.05) is 18.2 Å². The van der Waals surface area contributed by atoms with E-state index < -0.39 is 6.04 Å². The van der Waals surface area contributed by atoms with E-state index in [1.54, 1.807) is 12.0 Å². The van der Waals surface area contributed by atoms with Crippen molar-refractivity contribution in [2.75, 3.05) is 7.11 Å². The van der Waals surface area contributed by atoms with Gasteiger partial charge in [-0.25, -0.2) is 0 Å². The van der Waals surface area contributed by atoms with Crippen LogP contribution in [0.4, 0.5) is 0 Å². The van der Waals surface area contributed by atoms with Crippen LogP contribution in [0, 0.1) is 0 Å². The molecule has 3 aliphatic rings. The van der Waals surface area contributed by atoms with Crippen LogP contribution in [0.25, 0.3) is 0 Å². The zero-order valence-electron chi connectivity index (χ0n) is 15.0. The van der Waals surface area contributed by atoms with Crippen LogP contribution in [0.5, 0.6) is 5.75 Å². The molecule has 1 saturated heterocycles. The van der Waals surface area contributed by atoms with Crippen LogP contribution in [0.2, 0.25) is 0 Å². The van der Waals surface area contributed by atoms with Crippen molar-refractivity contribution in [1.82, 2.24) is 10.2 Å². The molecule has 1 aromatic carbocycles. The smallest absolute Gasteiger partial charge is 0.255 e. The van der Waals surface area contributed by atoms with Crippen molar-refractivity contribution < 1.29 is 19.1 Å². The summed E-state index contributed by atoms with van der Waals surface area (Å²) in [5.41, 5.74) is 2.29. The highest BCUT2D eigenvalue weighted by molar-refractivity contribution is 6.01. The Labute approximate surface area is 153 Å². The van der Waals surface area contributed by atoms with Gasteiger partial charge in [-0.3, -0.25) is 9.59 Å². The first-order chi connectivity index (χ1) is 12.6. The average molecular weight is 356 g/mol. The second-order valence-electron chi connectivity index (χ2n) is 7.26. The fraction of sp³-hybridized carbons (Fsp3) is 0.500. The first-order valence-corrected chi connectivity index (χ1v) is 9.19. The lowest BCUT2D eigenvalue weighted by Gasteiger charge is -2.30. The molecule has 3 atom stereocenters. The van der Waals surface area contributed by atoms with E-state index in [1.165, 1.54) is 0 Å². The van der Waals surface area contributed by atoms with E-state index in [0.29, 0.717) is 24.9 Å². The maximum absolute atomic E-state index is 12.7. The van der Waals surface area contributed by atoms with Gasteiger partial charge in [0.05, 0.1) is 6.10 Å². The fourth-order valence-electron chi connectivity index (χ4n) is 4.18. The molecule has 1 saturated carbocycles. The Hall–Kier alpha value is -2.34. The number of nitrogens with zero attached hydrogens (tertiary/aromatic N) is 1. The molecule has 26 heavy (non-hydrogen) atoms. The number of amides is 2. The van der Waals surface area contributed by atoms with Crippen LogP contribution >= 0.6 is 0 Å². The molecule has 1 N–H and O–H groups in total. The van der Waals surface area contributed by atoms with E-state index in [-0.39, 0.29) is 24.0 Å². The molecule has 1 aromatic rings. The third kappa shape index (κ3) is 2.98. The highest BCUT2D eigenvalue weighted by Crippen LogP contribution is 2.32. The summed E-state index contributed by atoms with van der Waals surface area (Å²) in [5.74, 6) is 0.524. The molecule has 6 heteroatoms. The van der Waals surface area contributed by atoms with Crippen LogP contribution < -0.4 is 10.1 Å². The molecular weight excluding hydrogens is 332 g/mol. The number of fused-ring (bicyclic) bond motifs is 1. The number of hydrogen-bond donors (Lipinski definition) is 1. The van der Waals surface area contributed by atoms with Gasteiger partial charge in [0.2, 0.25) is 5.91 Å². The number of piperidine rings is 1. The van der Waals surface area contributed by atoms with Crippen LogP contribution in [-0.2, 0) is 16.1 Å². The second kappa shape index (κ2) is 6.76. The number of ether oxygens (including phenoxy) is 2. The van der Waals surface area contributed by atoms with Gasteiger partial charge >= 0.3 is 0 Å². The fourth-order valence-corrected chi connectivity index (χ4v) is 4.18. The molecule has 2 aliphatic heterocycles. The Kier molecular flexibility index (Phi) is 4.44. The molecule has 6 nitrogen and oxygen atoms in total. The number of allylic oxidation sites excluding steroid dienone is 1. The molecule has 0 spiro atoms. The van der Waals surface area contributed by atoms with Crippen molar-refractivity contribution in [2.24, 2.45) is 0 Å². The predicted octanol–water partition coefficient (Wildman–Crippen LogP) is 2.38. The minimum atomic E-state index is -0.433. The van der Waals surface area contributed by atoms with E-state index >= 15 is 0 Å². The van der Waals surface area contributed by atoms with Gasteiger partial charge in [-0.1, -0.05) is 6.58 Å². The normalized spacial score (nSPS) is 28.3. The zero-order valence-corrected chi connectivity index (χ0v) is 15.0. The lowest BCUT2D eigenvalue weighted by atomic mass is 10.0. The number of rotatable bonds is 4. The Morgan fingerprint density at radius 3 is 2.77 bits per heavy atom. The minimum Gasteiger partial charge on any atom is -0.488 e. The number of nitrogens with one attached hydrogen (secondary N) is 1. The van der Waals surface area contributed by atoms with Crippen LogP contribution in [0.3, 0.4) is 0 Å². The van der Waals surface area contributed by atoms with Gasteiger partial charge in [0.25, 0.3) is 5.91 Å². The van der Waals surface area contributed by atoms with Crippen molar-refractivity contribution in [2.45, 2.75) is 56.9 Å². The summed E-state index contributed by atoms with van der Waals surface area (Å²) in [6, 6.07) is 5.15. The van der Waals surface area contributed by atoms with Crippen molar-refractivity contribution >= 4 is 11.8 Å². The van der Waals surface area contributed by atoms with E-state index in [0.717, 1.165) is 36.3 Å². The van der Waals surface area contributed by atoms with Gasteiger partial charge in [-0.2, -0.15) is 0 Å². The maximum Gasteiger partial charge on any atom is 0.255 e. The molecule has 0 bridgehead atoms. The molecule has 0 aromatic heterocycles. The second-order valence-corrected chi connectivity index (χ2v) is 7.26. The van der Waals surface area contributed by atoms with Gasteiger partial charge in [-0.15, -0.1) is 0 Å². The third-order valence-corrected chi connectivity index (χ3v) is 5.59. The SMILES string of the molecule is C=C1CCC(N2Cc3cc(OC4CCCC4OC)ccc3C2=O)C(=O)N1. The highest BCUT2D eigenvalue weighted by atomic mass is 16.5. The number of benzene rings is 1. The van der Waals surface area contributed by atoms with Crippen molar-refractivity contribution in [3.8, 4) is 5.75 Å². The Morgan fingerprint density at radius 2 is 2.00 bits per heavy atom. The number of methoxy groups -OCH3 is 1. The van der Waals surface area contributed by atoms with Gasteiger partial charge in [-0.05, 0) is 55.9 Å². The maximum atomic E-state index is 12.7. The summed E-state index contributed by atoms with van der Waals surface area (Å²) < 4.78 is 11.6. The number of carbonyl (C=O) groups excluding carboxylic acids is 2. The number of carbonyl (C=O) groups is 2. The molecule has 4 rings (SSSR count). The molecular formula is C20H24N2O4. The van der Waals surface area contributed by atoms with Crippen LogP contribution in [-0.4, -0.2) is 42.1 Å². The summed E-state index contributed by atoms with van der Waals surface area (Å²) in [5, 5.41) is 2.76. The lowest BCUT2D eigenvalue weighted by molar-refractivity contribution is -0.126. The average Bonchev–Trinajstić information content (AvgIpc) is 3.19. The number of hydrogen-bond acceptors (Lipinski definition) is 4. The Bertz CT molecular complexity index is 760. The monoisotopic (exact) mass is 356 g/mol. The summed E-state index contributed by atoms with van der Waals surface area (Å²) >= 11 is 0. The molecule has 0 radical (unpaired) electrons. The quantitative estimate of drug-likeness (QED) is 0.899. The van der Waals surface area contributed by atoms with E-state index in [9.17, 15) is 9.59 Å². The summed E-state index contributed by atoms with van der Waals surface area (Å²) in [6.45, 7) is 4.23. The van der Waals surface area contributed by atoms with E-state index in [2.05, 4.69) is 11.9 Å². The third-order valence-electron chi connectivity index (χ3n) is 5.59. The molecule has 2 amide bonds. The largest absolute Gasteiger partial charge is 0.488 e. The summed E-state index contributed by atoms with van der Waals surface area (Å²) in [4.78, 5) is 26.6. The topological polar surface area (TPSA) is 67.9 Å². The van der Waals surface area contributed by atoms with Crippen molar-refractivity contribution in [3.05, 3.63) is 41.6 Å². The minimum absolute atomic E-state index is 0.0568. The van der Waals surface area contributed by atoms with Crippen LogP contribution in [0.1, 0.15) is 48.0 Å². The first kappa shape index (κ1) is 17.1. The van der Waals surface area contributed by atoms with Gasteiger partial charge in [0.15, 0.2) is 0 Å². The Morgan fingerprint density at radius 1 is 1.19 bits per heavy atom. The van der Waals surface area contributed by atoms with Crippen LogP contribution in [0.15, 0.2) is 30.5 Å². The standard InChI is InChI=1S/C20H24N2O4/c1-12-6-9-16(19(23)21-12)22-11-13-10-14(7-8-15(13)20(22)24)26-18-5-3-4-17(18)25-2/h7-8,10,16-18H,1,3-6,9,11H2,2H3,(H,21,23). The summed E-state index contributed by atoms with van der Waals surface area (Å²) in [6.07, 6.45) is 4.59. The molecule has 2 fully saturated rings. The molecule has 2 heterocycles. The van der Waals surface area contributed by atoms with Gasteiger partial charge < -0.3 is 19.7 Å². The first-order valence-electron chi connectivity index (χ1n) is 9.19. The predicted molar refractivity (Wildman–Crippen MR) is 95.7 cm³/mol. The Balaban J connectivity index is 1.50. The van der Waals surface area contributed by atoms with E-state index in [4.69, 9.17) is 9.47 Å². The highest BCUT2D eigenvalue weighted by Gasteiger charge is 2.38. The lowest BCUT2D eigenvalue weighted by Crippen LogP contribution is -2.49. The zero-order chi connectivity index (χ0) is 18.3. The summed E-state index contributed by atoms with van der Waals surface area (Å²) in [7, 11) is 1.72. The molecule has 3 unspecified atom stereocenters.